The minimum atomic E-state index is -0.266. The average Bonchev–Trinajstić information content (AvgIpc) is 2.53. The molecule has 118 valence electrons. The molecule has 2 aliphatic heterocycles. The molecule has 4 unspecified atom stereocenters. The van der Waals surface area contributed by atoms with Crippen LogP contribution < -0.4 is 0 Å². The third-order valence-electron chi connectivity index (χ3n) is 5.43. The summed E-state index contributed by atoms with van der Waals surface area (Å²) < 4.78 is 0. The molecule has 21 heavy (non-hydrogen) atoms. The Morgan fingerprint density at radius 1 is 1.05 bits per heavy atom. The van der Waals surface area contributed by atoms with Crippen LogP contribution in [0.5, 0.6) is 0 Å². The molecule has 0 aromatic heterocycles. The number of carbonyl (C=O) groups excluding carboxylic acids is 2. The van der Waals surface area contributed by atoms with Crippen LogP contribution in [-0.4, -0.2) is 57.8 Å². The Balaban J connectivity index is 1.80. The van der Waals surface area contributed by atoms with Crippen LogP contribution in [0.1, 0.15) is 51.9 Å². The van der Waals surface area contributed by atoms with Crippen LogP contribution in [0.2, 0.25) is 0 Å². The van der Waals surface area contributed by atoms with Crippen molar-refractivity contribution in [3.05, 3.63) is 0 Å². The summed E-state index contributed by atoms with van der Waals surface area (Å²) in [6.45, 7) is 2.69. The number of amides is 2. The maximum atomic E-state index is 12.9. The zero-order chi connectivity index (χ0) is 15.0. The summed E-state index contributed by atoms with van der Waals surface area (Å²) in [6, 6.07) is -0.165. The van der Waals surface area contributed by atoms with E-state index in [4.69, 9.17) is 0 Å². The van der Waals surface area contributed by atoms with E-state index in [-0.39, 0.29) is 29.9 Å². The van der Waals surface area contributed by atoms with Gasteiger partial charge in [-0.2, -0.15) is 11.8 Å². The first-order valence-electron chi connectivity index (χ1n) is 8.29. The van der Waals surface area contributed by atoms with Crippen molar-refractivity contribution in [1.29, 1.82) is 0 Å². The largest absolute Gasteiger partial charge is 0.329 e. The van der Waals surface area contributed by atoms with E-state index < -0.39 is 0 Å². The van der Waals surface area contributed by atoms with Crippen LogP contribution in [0.15, 0.2) is 0 Å². The molecule has 3 aliphatic rings. The molecule has 4 atom stereocenters. The summed E-state index contributed by atoms with van der Waals surface area (Å²) in [5.41, 5.74) is 0. The molecule has 0 bridgehead atoms. The monoisotopic (exact) mass is 310 g/mol. The Labute approximate surface area is 131 Å². The summed E-state index contributed by atoms with van der Waals surface area (Å²) in [7, 11) is 0. The number of fused-ring (bicyclic) bond motifs is 1. The zero-order valence-electron chi connectivity index (χ0n) is 13.1. The first-order chi connectivity index (χ1) is 10.1. The van der Waals surface area contributed by atoms with Gasteiger partial charge >= 0.3 is 0 Å². The molecule has 0 radical (unpaired) electrons. The third kappa shape index (κ3) is 2.69. The highest BCUT2D eigenvalue weighted by Gasteiger charge is 2.47. The van der Waals surface area contributed by atoms with Crippen molar-refractivity contribution in [2.24, 2.45) is 0 Å². The number of thioether (sulfide) groups is 1. The van der Waals surface area contributed by atoms with Gasteiger partial charge in [0.1, 0.15) is 12.1 Å². The highest BCUT2D eigenvalue weighted by Crippen LogP contribution is 2.34. The number of hydrogen-bond acceptors (Lipinski definition) is 3. The van der Waals surface area contributed by atoms with Crippen LogP contribution in [0.25, 0.3) is 0 Å². The Hall–Kier alpha value is -0.710. The SMILES string of the molecule is CSC1CCCC(N2C(=O)C3CCCCN3C(=O)C2C)C1. The topological polar surface area (TPSA) is 40.6 Å². The molecule has 2 saturated heterocycles. The molecular formula is C16H26N2O2S. The van der Waals surface area contributed by atoms with Gasteiger partial charge in [0.2, 0.25) is 11.8 Å². The Morgan fingerprint density at radius 2 is 1.86 bits per heavy atom. The van der Waals surface area contributed by atoms with E-state index in [2.05, 4.69) is 6.26 Å². The molecule has 0 spiro atoms. The maximum absolute atomic E-state index is 12.9. The molecule has 3 fully saturated rings. The number of hydrogen-bond donors (Lipinski definition) is 0. The predicted octanol–water partition coefficient (Wildman–Crippen LogP) is 2.27. The fraction of sp³-hybridized carbons (Fsp3) is 0.875. The number of carbonyl (C=O) groups is 2. The third-order valence-corrected chi connectivity index (χ3v) is 6.52. The van der Waals surface area contributed by atoms with Crippen molar-refractivity contribution in [1.82, 2.24) is 9.80 Å². The molecule has 2 amide bonds. The van der Waals surface area contributed by atoms with Crippen molar-refractivity contribution < 1.29 is 9.59 Å². The van der Waals surface area contributed by atoms with Crippen molar-refractivity contribution in [2.75, 3.05) is 12.8 Å². The molecule has 3 rings (SSSR count). The second kappa shape index (κ2) is 6.19. The Bertz CT molecular complexity index is 429. The summed E-state index contributed by atoms with van der Waals surface area (Å²) in [4.78, 5) is 29.4. The van der Waals surface area contributed by atoms with Crippen LogP contribution in [0, 0.1) is 0 Å². The van der Waals surface area contributed by atoms with Gasteiger partial charge in [-0.05, 0) is 51.7 Å². The minimum absolute atomic E-state index is 0.169. The number of rotatable bonds is 2. The number of nitrogens with zero attached hydrogens (tertiary/aromatic N) is 2. The molecule has 0 aromatic rings. The lowest BCUT2D eigenvalue weighted by Gasteiger charge is -2.50. The van der Waals surface area contributed by atoms with E-state index in [9.17, 15) is 9.59 Å². The smallest absolute Gasteiger partial charge is 0.246 e. The van der Waals surface area contributed by atoms with Gasteiger partial charge in [-0.25, -0.2) is 0 Å². The van der Waals surface area contributed by atoms with Gasteiger partial charge in [-0.15, -0.1) is 0 Å². The van der Waals surface area contributed by atoms with Crippen LogP contribution >= 0.6 is 11.8 Å². The molecule has 2 heterocycles. The van der Waals surface area contributed by atoms with Crippen molar-refractivity contribution in [3.63, 3.8) is 0 Å². The van der Waals surface area contributed by atoms with E-state index in [1.165, 1.54) is 12.8 Å². The standard InChI is InChI=1S/C16H26N2O2S/c1-11-15(19)17-9-4-3-8-14(17)16(20)18(11)12-6-5-7-13(10-12)21-2/h11-14H,3-10H2,1-2H3. The van der Waals surface area contributed by atoms with E-state index >= 15 is 0 Å². The lowest BCUT2D eigenvalue weighted by molar-refractivity contribution is -0.166. The van der Waals surface area contributed by atoms with Crippen molar-refractivity contribution in [2.45, 2.75) is 75.2 Å². The summed E-state index contributed by atoms with van der Waals surface area (Å²) in [6.07, 6.45) is 9.66. The van der Waals surface area contributed by atoms with E-state index in [1.807, 2.05) is 28.5 Å². The maximum Gasteiger partial charge on any atom is 0.246 e. The molecule has 1 aliphatic carbocycles. The summed E-state index contributed by atoms with van der Waals surface area (Å²) in [5.74, 6) is 0.388. The quantitative estimate of drug-likeness (QED) is 0.785. The molecule has 4 nitrogen and oxygen atoms in total. The van der Waals surface area contributed by atoms with Gasteiger partial charge in [0.25, 0.3) is 0 Å². The molecular weight excluding hydrogens is 284 g/mol. The van der Waals surface area contributed by atoms with Crippen molar-refractivity contribution >= 4 is 23.6 Å². The molecule has 0 N–H and O–H groups in total. The lowest BCUT2D eigenvalue weighted by Crippen LogP contribution is -2.67. The molecule has 1 saturated carbocycles. The fourth-order valence-corrected chi connectivity index (χ4v) is 5.07. The average molecular weight is 310 g/mol. The van der Waals surface area contributed by atoms with E-state index in [1.54, 1.807) is 0 Å². The number of piperidine rings is 1. The normalized spacial score (nSPS) is 37.6. The van der Waals surface area contributed by atoms with Crippen LogP contribution in [0.3, 0.4) is 0 Å². The predicted molar refractivity (Wildman–Crippen MR) is 85.2 cm³/mol. The Morgan fingerprint density at radius 3 is 2.62 bits per heavy atom. The van der Waals surface area contributed by atoms with Gasteiger partial charge in [0.05, 0.1) is 0 Å². The van der Waals surface area contributed by atoms with Gasteiger partial charge < -0.3 is 9.80 Å². The summed E-state index contributed by atoms with van der Waals surface area (Å²) >= 11 is 1.91. The highest BCUT2D eigenvalue weighted by molar-refractivity contribution is 7.99. The number of piperazine rings is 1. The van der Waals surface area contributed by atoms with Gasteiger partial charge in [-0.1, -0.05) is 6.42 Å². The second-order valence-electron chi connectivity index (χ2n) is 6.64. The molecule has 5 heteroatoms. The minimum Gasteiger partial charge on any atom is -0.329 e. The second-order valence-corrected chi connectivity index (χ2v) is 7.78. The first-order valence-corrected chi connectivity index (χ1v) is 9.57. The highest BCUT2D eigenvalue weighted by atomic mass is 32.2. The van der Waals surface area contributed by atoms with Crippen LogP contribution in [0.4, 0.5) is 0 Å². The van der Waals surface area contributed by atoms with Crippen molar-refractivity contribution in [3.8, 4) is 0 Å². The van der Waals surface area contributed by atoms with E-state index in [0.717, 1.165) is 38.6 Å². The Kier molecular flexibility index (Phi) is 4.48. The first kappa shape index (κ1) is 15.2. The van der Waals surface area contributed by atoms with E-state index in [0.29, 0.717) is 5.25 Å². The fourth-order valence-electron chi connectivity index (χ4n) is 4.26. The zero-order valence-corrected chi connectivity index (χ0v) is 13.9. The molecule has 0 aromatic carbocycles. The lowest BCUT2D eigenvalue weighted by atomic mass is 9.89. The van der Waals surface area contributed by atoms with Crippen LogP contribution in [-0.2, 0) is 9.59 Å². The van der Waals surface area contributed by atoms with Gasteiger partial charge in [0.15, 0.2) is 0 Å². The summed E-state index contributed by atoms with van der Waals surface area (Å²) in [5, 5.41) is 0.642. The van der Waals surface area contributed by atoms with Gasteiger partial charge in [0, 0.05) is 17.8 Å². The van der Waals surface area contributed by atoms with Gasteiger partial charge in [-0.3, -0.25) is 9.59 Å².